The third-order valence-corrected chi connectivity index (χ3v) is 12.7. The van der Waals surface area contributed by atoms with Crippen molar-refractivity contribution in [3.05, 3.63) is 0 Å². The van der Waals surface area contributed by atoms with Crippen LogP contribution in [0.2, 0.25) is 0 Å². The molecule has 11 heteroatoms. The van der Waals surface area contributed by atoms with Gasteiger partial charge in [-0.2, -0.15) is 0 Å². The van der Waals surface area contributed by atoms with Gasteiger partial charge in [-0.25, -0.2) is 0 Å². The molecule has 1 saturated heterocycles. The molecule has 0 bridgehead atoms. The van der Waals surface area contributed by atoms with Crippen LogP contribution in [-0.4, -0.2) is 110 Å². The number of ether oxygens (including phenoxy) is 2. The molecular formula is C49H97NO10. The van der Waals surface area contributed by atoms with Gasteiger partial charge in [-0.3, -0.25) is 4.79 Å². The van der Waals surface area contributed by atoms with Gasteiger partial charge in [0.1, 0.15) is 36.6 Å². The Labute approximate surface area is 367 Å². The van der Waals surface area contributed by atoms with Crippen molar-refractivity contribution in [2.24, 2.45) is 0 Å². The molecule has 0 aromatic carbocycles. The topological polar surface area (TPSA) is 189 Å². The molecule has 1 aliphatic heterocycles. The van der Waals surface area contributed by atoms with Gasteiger partial charge >= 0.3 is 0 Å². The smallest absolute Gasteiger partial charge is 0.249 e. The standard InChI is InChI=1S/C49H97NO10/c1-3-5-7-9-11-13-15-17-19-20-21-23-24-26-28-30-32-34-36-41(52)44(54)40(39-59-49-47(57)46(56)45(55)43(38-51)60-49)50-48(58)42(53)37-35-33-31-29-27-25-22-18-16-14-12-10-8-6-4-2/h40-47,49,51-57H,3-39H2,1-2H3,(H,50,58). The van der Waals surface area contributed by atoms with Crippen molar-refractivity contribution in [2.75, 3.05) is 13.2 Å². The van der Waals surface area contributed by atoms with Crippen LogP contribution in [0.25, 0.3) is 0 Å². The predicted octanol–water partition coefficient (Wildman–Crippen LogP) is 9.06. The molecule has 1 aliphatic rings. The number of rotatable bonds is 43. The first-order valence-corrected chi connectivity index (χ1v) is 25.4. The van der Waals surface area contributed by atoms with Gasteiger partial charge in [0, 0.05) is 0 Å². The fraction of sp³-hybridized carbons (Fsp3) is 0.980. The zero-order valence-electron chi connectivity index (χ0n) is 38.7. The van der Waals surface area contributed by atoms with Crippen LogP contribution in [0.15, 0.2) is 0 Å². The summed E-state index contributed by atoms with van der Waals surface area (Å²) in [6, 6.07) is -1.16. The first-order chi connectivity index (χ1) is 29.2. The van der Waals surface area contributed by atoms with Crippen molar-refractivity contribution < 1.29 is 50.0 Å². The third kappa shape index (κ3) is 28.7. The van der Waals surface area contributed by atoms with E-state index in [0.717, 1.165) is 38.5 Å². The predicted molar refractivity (Wildman–Crippen MR) is 243 cm³/mol. The summed E-state index contributed by atoms with van der Waals surface area (Å²) in [7, 11) is 0. The molecule has 1 rings (SSSR count). The Morgan fingerprint density at radius 2 is 0.867 bits per heavy atom. The maximum Gasteiger partial charge on any atom is 0.249 e. The molecule has 0 saturated carbocycles. The number of unbranched alkanes of at least 4 members (excludes halogenated alkanes) is 31. The average Bonchev–Trinajstić information content (AvgIpc) is 3.25. The monoisotopic (exact) mass is 860 g/mol. The second kappa shape index (κ2) is 39.7. The lowest BCUT2D eigenvalue weighted by Crippen LogP contribution is -2.60. The van der Waals surface area contributed by atoms with Crippen LogP contribution in [0.5, 0.6) is 0 Å². The summed E-state index contributed by atoms with van der Waals surface area (Å²) in [4.78, 5) is 13.1. The molecule has 8 N–H and O–H groups in total. The number of carbonyl (C=O) groups is 1. The number of aliphatic hydroxyl groups excluding tert-OH is 7. The van der Waals surface area contributed by atoms with Crippen molar-refractivity contribution >= 4 is 5.91 Å². The molecular weight excluding hydrogens is 763 g/mol. The summed E-state index contributed by atoms with van der Waals surface area (Å²) >= 11 is 0. The highest BCUT2D eigenvalue weighted by Crippen LogP contribution is 2.23. The van der Waals surface area contributed by atoms with Crippen molar-refractivity contribution in [3.8, 4) is 0 Å². The van der Waals surface area contributed by atoms with Gasteiger partial charge in [-0.15, -0.1) is 0 Å². The van der Waals surface area contributed by atoms with E-state index in [-0.39, 0.29) is 6.42 Å². The zero-order valence-corrected chi connectivity index (χ0v) is 38.7. The fourth-order valence-electron chi connectivity index (χ4n) is 8.44. The lowest BCUT2D eigenvalue weighted by Gasteiger charge is -2.40. The van der Waals surface area contributed by atoms with E-state index in [2.05, 4.69) is 19.2 Å². The van der Waals surface area contributed by atoms with Crippen molar-refractivity contribution in [1.82, 2.24) is 5.32 Å². The van der Waals surface area contributed by atoms with Gasteiger partial charge in [0.05, 0.1) is 25.4 Å². The van der Waals surface area contributed by atoms with Crippen molar-refractivity contribution in [1.29, 1.82) is 0 Å². The molecule has 60 heavy (non-hydrogen) atoms. The Morgan fingerprint density at radius 3 is 1.23 bits per heavy atom. The highest BCUT2D eigenvalue weighted by molar-refractivity contribution is 5.80. The Morgan fingerprint density at radius 1 is 0.517 bits per heavy atom. The molecule has 0 spiro atoms. The molecule has 0 radical (unpaired) electrons. The summed E-state index contributed by atoms with van der Waals surface area (Å²) in [5.41, 5.74) is 0. The van der Waals surface area contributed by atoms with Crippen LogP contribution >= 0.6 is 0 Å². The first-order valence-electron chi connectivity index (χ1n) is 25.4. The Hall–Kier alpha value is -0.890. The fourth-order valence-corrected chi connectivity index (χ4v) is 8.44. The third-order valence-electron chi connectivity index (χ3n) is 12.7. The summed E-state index contributed by atoms with van der Waals surface area (Å²) in [5, 5.41) is 75.9. The van der Waals surface area contributed by atoms with E-state index < -0.39 is 74.2 Å². The van der Waals surface area contributed by atoms with Crippen molar-refractivity contribution in [2.45, 2.75) is 294 Å². The molecule has 9 unspecified atom stereocenters. The molecule has 9 atom stereocenters. The van der Waals surface area contributed by atoms with Crippen LogP contribution < -0.4 is 5.32 Å². The van der Waals surface area contributed by atoms with Gasteiger partial charge in [-0.1, -0.05) is 226 Å². The summed E-state index contributed by atoms with van der Waals surface area (Å²) in [6.07, 6.45) is 30.0. The van der Waals surface area contributed by atoms with E-state index in [4.69, 9.17) is 9.47 Å². The quantitative estimate of drug-likeness (QED) is 0.0275. The van der Waals surface area contributed by atoms with E-state index in [9.17, 15) is 40.5 Å². The van der Waals surface area contributed by atoms with E-state index in [1.54, 1.807) is 0 Å². The lowest BCUT2D eigenvalue weighted by molar-refractivity contribution is -0.303. The summed E-state index contributed by atoms with van der Waals surface area (Å²) < 4.78 is 11.1. The average molecular weight is 860 g/mol. The SMILES string of the molecule is CCCCCCCCCCCCCCCCCCCCC(O)C(O)C(COC1OC(CO)C(O)C(O)C1O)NC(=O)C(O)CCCCCCCCCCCCCCCCC. The number of nitrogens with one attached hydrogen (secondary N) is 1. The number of carbonyl (C=O) groups excluding carboxylic acids is 1. The van der Waals surface area contributed by atoms with Gasteiger partial charge < -0.3 is 50.5 Å². The number of amides is 1. The van der Waals surface area contributed by atoms with Gasteiger partial charge in [0.2, 0.25) is 5.91 Å². The molecule has 1 heterocycles. The van der Waals surface area contributed by atoms with Crippen LogP contribution in [0, 0.1) is 0 Å². The van der Waals surface area contributed by atoms with E-state index >= 15 is 0 Å². The molecule has 0 aromatic rings. The zero-order chi connectivity index (χ0) is 44.1. The first kappa shape index (κ1) is 57.1. The van der Waals surface area contributed by atoms with E-state index in [1.807, 2.05) is 0 Å². The van der Waals surface area contributed by atoms with Crippen LogP contribution in [0.3, 0.4) is 0 Å². The second-order valence-corrected chi connectivity index (χ2v) is 18.3. The number of hydrogen-bond acceptors (Lipinski definition) is 10. The highest BCUT2D eigenvalue weighted by atomic mass is 16.7. The molecule has 1 amide bonds. The lowest BCUT2D eigenvalue weighted by atomic mass is 9.98. The Kier molecular flexibility index (Phi) is 37.8. The van der Waals surface area contributed by atoms with E-state index in [1.165, 1.54) is 161 Å². The number of hydrogen-bond donors (Lipinski definition) is 8. The minimum absolute atomic E-state index is 0.266. The van der Waals surface area contributed by atoms with Crippen LogP contribution in [0.4, 0.5) is 0 Å². The molecule has 11 nitrogen and oxygen atoms in total. The number of aliphatic hydroxyl groups is 7. The summed E-state index contributed by atoms with van der Waals surface area (Å²) in [6.45, 7) is 3.47. The normalized spacial score (nSPS) is 21.5. The summed E-state index contributed by atoms with van der Waals surface area (Å²) in [5.74, 6) is -0.692. The maximum absolute atomic E-state index is 13.1. The van der Waals surface area contributed by atoms with Crippen LogP contribution in [-0.2, 0) is 14.3 Å². The Bertz CT molecular complexity index is 944. The Balaban J connectivity index is 2.39. The second-order valence-electron chi connectivity index (χ2n) is 18.3. The van der Waals surface area contributed by atoms with E-state index in [0.29, 0.717) is 19.3 Å². The van der Waals surface area contributed by atoms with Gasteiger partial charge in [0.15, 0.2) is 6.29 Å². The minimum Gasteiger partial charge on any atom is -0.394 e. The minimum atomic E-state index is -1.66. The van der Waals surface area contributed by atoms with Crippen LogP contribution in [0.1, 0.15) is 239 Å². The molecule has 358 valence electrons. The molecule has 0 aliphatic carbocycles. The van der Waals surface area contributed by atoms with Gasteiger partial charge in [0.25, 0.3) is 0 Å². The van der Waals surface area contributed by atoms with Gasteiger partial charge in [-0.05, 0) is 12.8 Å². The molecule has 0 aromatic heterocycles. The highest BCUT2D eigenvalue weighted by Gasteiger charge is 2.44. The maximum atomic E-state index is 13.1. The largest absolute Gasteiger partial charge is 0.394 e. The van der Waals surface area contributed by atoms with Crippen molar-refractivity contribution in [3.63, 3.8) is 0 Å². The molecule has 1 fully saturated rings.